The van der Waals surface area contributed by atoms with Gasteiger partial charge in [0.05, 0.1) is 6.61 Å². The molecular weight excluding hydrogens is 292 g/mol. The van der Waals surface area contributed by atoms with Gasteiger partial charge in [-0.2, -0.15) is 0 Å². The lowest BCUT2D eigenvalue weighted by atomic mass is 10.1. The number of halogens is 1. The number of carbonyl (C=O) groups excluding carboxylic acids is 2. The molecule has 0 unspecified atom stereocenters. The van der Waals surface area contributed by atoms with Crippen LogP contribution in [0.25, 0.3) is 0 Å². The molecule has 112 valence electrons. The predicted molar refractivity (Wildman–Crippen MR) is 81.2 cm³/mol. The van der Waals surface area contributed by atoms with Crippen molar-refractivity contribution in [1.82, 2.24) is 5.32 Å². The summed E-state index contributed by atoms with van der Waals surface area (Å²) in [7, 11) is 0. The van der Waals surface area contributed by atoms with Crippen molar-refractivity contribution < 1.29 is 14.3 Å². The van der Waals surface area contributed by atoms with Crippen LogP contribution < -0.4 is 5.32 Å². The molecule has 0 saturated carbocycles. The molecule has 0 heterocycles. The highest BCUT2D eigenvalue weighted by molar-refractivity contribution is 6.45. The number of esters is 1. The summed E-state index contributed by atoms with van der Waals surface area (Å²) in [4.78, 5) is 22.3. The lowest BCUT2D eigenvalue weighted by Crippen LogP contribution is -2.23. The van der Waals surface area contributed by atoms with E-state index >= 15 is 0 Å². The third kappa shape index (κ3) is 5.39. The van der Waals surface area contributed by atoms with Crippen LogP contribution in [0.3, 0.4) is 0 Å². The van der Waals surface area contributed by atoms with Gasteiger partial charge in [-0.15, -0.1) is 0 Å². The molecule has 0 aliphatic carbocycles. The van der Waals surface area contributed by atoms with E-state index in [1.807, 2.05) is 30.3 Å². The van der Waals surface area contributed by atoms with Crippen molar-refractivity contribution in [2.24, 2.45) is 0 Å². The molecule has 0 bridgehead atoms. The third-order valence-electron chi connectivity index (χ3n) is 2.62. The molecule has 1 aromatic rings. The highest BCUT2D eigenvalue weighted by atomic mass is 35.5. The van der Waals surface area contributed by atoms with E-state index in [1.54, 1.807) is 6.92 Å². The summed E-state index contributed by atoms with van der Waals surface area (Å²) in [5.74, 6) is -0.797. The van der Waals surface area contributed by atoms with E-state index in [1.165, 1.54) is 0 Å². The summed E-state index contributed by atoms with van der Waals surface area (Å²) >= 11 is 6.08. The van der Waals surface area contributed by atoms with Gasteiger partial charge in [-0.25, -0.2) is 4.79 Å². The minimum Gasteiger partial charge on any atom is -0.461 e. The van der Waals surface area contributed by atoms with Crippen LogP contribution in [0.5, 0.6) is 0 Å². The zero-order valence-electron chi connectivity index (χ0n) is 11.7. The van der Waals surface area contributed by atoms with Crippen LogP contribution in [0, 0.1) is 5.41 Å². The second-order valence-electron chi connectivity index (χ2n) is 4.10. The third-order valence-corrected chi connectivity index (χ3v) is 2.99. The molecule has 0 atom stereocenters. The molecule has 21 heavy (non-hydrogen) atoms. The first-order chi connectivity index (χ1) is 10.1. The van der Waals surface area contributed by atoms with Crippen LogP contribution in [-0.2, 0) is 20.9 Å². The number of benzene rings is 1. The number of nitrogens with one attached hydrogen (secondary N) is 2. The van der Waals surface area contributed by atoms with Crippen molar-refractivity contribution in [2.45, 2.75) is 19.9 Å². The Morgan fingerprint density at radius 1 is 1.38 bits per heavy atom. The van der Waals surface area contributed by atoms with Crippen LogP contribution in [0.4, 0.5) is 0 Å². The Morgan fingerprint density at radius 2 is 2.05 bits per heavy atom. The first-order valence-electron chi connectivity index (χ1n) is 6.46. The maximum absolute atomic E-state index is 11.6. The fourth-order valence-electron chi connectivity index (χ4n) is 1.59. The summed E-state index contributed by atoms with van der Waals surface area (Å²) in [6.45, 7) is 2.23. The molecule has 1 aromatic carbocycles. The Balaban J connectivity index is 2.82. The van der Waals surface area contributed by atoms with Gasteiger partial charge in [0, 0.05) is 18.5 Å². The van der Waals surface area contributed by atoms with Crippen molar-refractivity contribution >= 4 is 29.6 Å². The Kier molecular flexibility index (Phi) is 7.18. The van der Waals surface area contributed by atoms with Crippen LogP contribution in [-0.4, -0.2) is 24.6 Å². The summed E-state index contributed by atoms with van der Waals surface area (Å²) in [5.41, 5.74) is 0.708. The van der Waals surface area contributed by atoms with Crippen LogP contribution in [0.2, 0.25) is 0 Å². The summed E-state index contributed by atoms with van der Waals surface area (Å²) in [5, 5.41) is 10.8. The molecule has 0 aromatic heterocycles. The average Bonchev–Trinajstić information content (AvgIpc) is 2.51. The van der Waals surface area contributed by atoms with Crippen molar-refractivity contribution in [2.75, 3.05) is 6.61 Å². The van der Waals surface area contributed by atoms with Crippen LogP contribution >= 0.6 is 11.6 Å². The second kappa shape index (κ2) is 8.92. The van der Waals surface area contributed by atoms with Gasteiger partial charge in [0.1, 0.15) is 17.2 Å². The molecule has 0 aliphatic heterocycles. The number of rotatable bonds is 8. The topological polar surface area (TPSA) is 79.2 Å². The van der Waals surface area contributed by atoms with Gasteiger partial charge in [-0.3, -0.25) is 5.41 Å². The van der Waals surface area contributed by atoms with Crippen molar-refractivity contribution in [3.63, 3.8) is 0 Å². The van der Waals surface area contributed by atoms with Crippen molar-refractivity contribution in [1.29, 1.82) is 5.41 Å². The molecule has 0 spiro atoms. The monoisotopic (exact) mass is 308 g/mol. The molecule has 0 saturated heterocycles. The van der Waals surface area contributed by atoms with Gasteiger partial charge in [0.15, 0.2) is 0 Å². The lowest BCUT2D eigenvalue weighted by molar-refractivity contribution is -0.135. The molecule has 0 fully saturated rings. The van der Waals surface area contributed by atoms with Gasteiger partial charge in [0.25, 0.3) is 0 Å². The number of hydrogen-bond acceptors (Lipinski definition) is 5. The number of ether oxygens (including phenoxy) is 1. The van der Waals surface area contributed by atoms with E-state index in [2.05, 4.69) is 5.32 Å². The highest BCUT2D eigenvalue weighted by Crippen LogP contribution is 2.13. The Bertz CT molecular complexity index is 541. The number of hydrogen-bond donors (Lipinski definition) is 2. The van der Waals surface area contributed by atoms with Gasteiger partial charge in [-0.1, -0.05) is 41.9 Å². The van der Waals surface area contributed by atoms with E-state index in [0.717, 1.165) is 5.56 Å². The Morgan fingerprint density at radius 3 is 2.62 bits per heavy atom. The largest absolute Gasteiger partial charge is 0.461 e. The number of carbonyl (C=O) groups is 2. The second-order valence-corrected chi connectivity index (χ2v) is 4.48. The molecule has 0 aliphatic rings. The predicted octanol–water partition coefficient (Wildman–Crippen LogP) is 2.40. The van der Waals surface area contributed by atoms with E-state index < -0.39 is 11.7 Å². The average molecular weight is 309 g/mol. The minimum absolute atomic E-state index is 0.101. The fourth-order valence-corrected chi connectivity index (χ4v) is 1.83. The maximum atomic E-state index is 11.6. The Labute approximate surface area is 128 Å². The zero-order chi connectivity index (χ0) is 15.7. The van der Waals surface area contributed by atoms with Gasteiger partial charge in [-0.05, 0) is 12.5 Å². The molecule has 0 radical (unpaired) electrons. The molecule has 0 amide bonds. The van der Waals surface area contributed by atoms with E-state index in [0.29, 0.717) is 12.8 Å². The molecule has 6 heteroatoms. The summed E-state index contributed by atoms with van der Waals surface area (Å²) in [6.07, 6.45) is 0.466. The highest BCUT2D eigenvalue weighted by Gasteiger charge is 2.19. The van der Waals surface area contributed by atoms with E-state index in [4.69, 9.17) is 21.7 Å². The normalized spacial score (nSPS) is 11.3. The first-order valence-corrected chi connectivity index (χ1v) is 6.84. The Hall–Kier alpha value is -2.14. The summed E-state index contributed by atoms with van der Waals surface area (Å²) < 4.78 is 4.74. The lowest BCUT2D eigenvalue weighted by Gasteiger charge is -2.11. The zero-order valence-corrected chi connectivity index (χ0v) is 12.4. The molecule has 1 rings (SSSR count). The van der Waals surface area contributed by atoms with Gasteiger partial charge >= 0.3 is 5.97 Å². The fraction of sp³-hybridized carbons (Fsp3) is 0.267. The van der Waals surface area contributed by atoms with E-state index in [-0.39, 0.29) is 23.8 Å². The smallest absolute Gasteiger partial charge is 0.356 e. The standard InChI is InChI=1S/C15H17ClN2O3/c1-2-21-15(20)13(17)12(8-9-19)14(16)18-10-11-6-4-3-5-7-11/h3-7,9,17-18H,2,8,10H2,1H3/b14-12-,17-13?. The van der Waals surface area contributed by atoms with Crippen LogP contribution in [0.1, 0.15) is 18.9 Å². The first kappa shape index (κ1) is 16.9. The van der Waals surface area contributed by atoms with E-state index in [9.17, 15) is 9.59 Å². The van der Waals surface area contributed by atoms with Crippen molar-refractivity contribution in [3.05, 3.63) is 46.6 Å². The quantitative estimate of drug-likeness (QED) is 0.334. The molecule has 2 N–H and O–H groups in total. The minimum atomic E-state index is -0.797. The number of aldehydes is 1. The molecule has 5 nitrogen and oxygen atoms in total. The van der Waals surface area contributed by atoms with Gasteiger partial charge < -0.3 is 14.8 Å². The SMILES string of the molecule is CCOC(=O)C(=N)/C(CC=O)=C(/Cl)NCc1ccccc1. The van der Waals surface area contributed by atoms with Crippen molar-refractivity contribution in [3.8, 4) is 0 Å². The maximum Gasteiger partial charge on any atom is 0.356 e. The van der Waals surface area contributed by atoms with Gasteiger partial charge in [0.2, 0.25) is 0 Å². The summed E-state index contributed by atoms with van der Waals surface area (Å²) in [6, 6.07) is 9.50. The van der Waals surface area contributed by atoms with Crippen LogP contribution in [0.15, 0.2) is 41.1 Å². The molecular formula is C15H17ClN2O3.